The van der Waals surface area contributed by atoms with Gasteiger partial charge in [-0.2, -0.15) is 0 Å². The van der Waals surface area contributed by atoms with E-state index < -0.39 is 9.85 Å². The molecule has 0 spiro atoms. The molecule has 0 aliphatic heterocycles. The summed E-state index contributed by atoms with van der Waals surface area (Å²) in [5.74, 6) is 0.284. The fourth-order valence-corrected chi connectivity index (χ4v) is 1.81. The standard InChI is InChI=1S/C13H9ClN2O5/c14-13-5-4-11(16(19)20)6-9(13)8-21-12-3-1-2-10(7-12)15(17)18/h1-7H,8H2. The number of nitrogens with zero attached hydrogens (tertiary/aromatic N) is 2. The van der Waals surface area contributed by atoms with Gasteiger partial charge in [-0.3, -0.25) is 20.2 Å². The second-order valence-electron chi connectivity index (χ2n) is 4.08. The number of hydrogen-bond acceptors (Lipinski definition) is 5. The van der Waals surface area contributed by atoms with E-state index in [1.165, 1.54) is 36.4 Å². The predicted octanol–water partition coefficient (Wildman–Crippen LogP) is 3.74. The predicted molar refractivity (Wildman–Crippen MR) is 75.5 cm³/mol. The van der Waals surface area contributed by atoms with Gasteiger partial charge in [-0.05, 0) is 12.1 Å². The Morgan fingerprint density at radius 2 is 1.67 bits per heavy atom. The minimum atomic E-state index is -0.535. The minimum absolute atomic E-state index is 0.0261. The van der Waals surface area contributed by atoms with Gasteiger partial charge in [-0.15, -0.1) is 0 Å². The lowest BCUT2D eigenvalue weighted by Crippen LogP contribution is -1.98. The van der Waals surface area contributed by atoms with Crippen molar-refractivity contribution >= 4 is 23.0 Å². The molecule has 0 N–H and O–H groups in total. The first-order valence-corrected chi connectivity index (χ1v) is 6.15. The number of hydrogen-bond donors (Lipinski definition) is 0. The van der Waals surface area contributed by atoms with Crippen LogP contribution in [-0.4, -0.2) is 9.85 Å². The molecular formula is C13H9ClN2O5. The van der Waals surface area contributed by atoms with E-state index in [4.69, 9.17) is 16.3 Å². The van der Waals surface area contributed by atoms with Crippen LogP contribution in [0, 0.1) is 20.2 Å². The third kappa shape index (κ3) is 3.67. The van der Waals surface area contributed by atoms with Crippen LogP contribution in [0.3, 0.4) is 0 Å². The maximum Gasteiger partial charge on any atom is 0.273 e. The van der Waals surface area contributed by atoms with Gasteiger partial charge in [0, 0.05) is 28.8 Å². The van der Waals surface area contributed by atoms with Crippen LogP contribution in [0.5, 0.6) is 5.75 Å². The average Bonchev–Trinajstić information content (AvgIpc) is 2.46. The summed E-state index contributed by atoms with van der Waals surface area (Å²) in [7, 11) is 0. The van der Waals surface area contributed by atoms with Crippen molar-refractivity contribution in [1.82, 2.24) is 0 Å². The number of rotatable bonds is 5. The summed E-state index contributed by atoms with van der Waals surface area (Å²) in [5, 5.41) is 21.7. The molecule has 0 saturated heterocycles. The SMILES string of the molecule is O=[N+]([O-])c1cccc(OCc2cc([N+](=O)[O-])ccc2Cl)c1. The molecule has 0 saturated carbocycles. The lowest BCUT2D eigenvalue weighted by molar-refractivity contribution is -0.385. The van der Waals surface area contributed by atoms with Gasteiger partial charge in [0.1, 0.15) is 12.4 Å². The Morgan fingerprint density at radius 3 is 2.33 bits per heavy atom. The molecule has 0 unspecified atom stereocenters. The van der Waals surface area contributed by atoms with Crippen LogP contribution in [0.4, 0.5) is 11.4 Å². The summed E-state index contributed by atoms with van der Waals surface area (Å²) in [4.78, 5) is 20.3. The van der Waals surface area contributed by atoms with E-state index in [1.807, 2.05) is 0 Å². The summed E-state index contributed by atoms with van der Waals surface area (Å²) in [6, 6.07) is 9.66. The Labute approximate surface area is 124 Å². The van der Waals surface area contributed by atoms with Crippen LogP contribution >= 0.6 is 11.6 Å². The van der Waals surface area contributed by atoms with Gasteiger partial charge in [0.25, 0.3) is 11.4 Å². The molecular weight excluding hydrogens is 300 g/mol. The smallest absolute Gasteiger partial charge is 0.273 e. The van der Waals surface area contributed by atoms with Gasteiger partial charge in [0.2, 0.25) is 0 Å². The number of non-ortho nitro benzene ring substituents is 2. The number of benzene rings is 2. The molecule has 108 valence electrons. The first kappa shape index (κ1) is 14.7. The van der Waals surface area contributed by atoms with Gasteiger partial charge in [-0.1, -0.05) is 17.7 Å². The zero-order valence-electron chi connectivity index (χ0n) is 10.6. The van der Waals surface area contributed by atoms with Crippen molar-refractivity contribution in [3.8, 4) is 5.75 Å². The van der Waals surface area contributed by atoms with Crippen molar-refractivity contribution in [2.45, 2.75) is 6.61 Å². The van der Waals surface area contributed by atoms with Crippen molar-refractivity contribution in [1.29, 1.82) is 0 Å². The van der Waals surface area contributed by atoms with E-state index in [1.54, 1.807) is 6.07 Å². The third-order valence-electron chi connectivity index (χ3n) is 2.66. The number of ether oxygens (including phenoxy) is 1. The number of halogens is 1. The van der Waals surface area contributed by atoms with Crippen molar-refractivity contribution in [2.24, 2.45) is 0 Å². The molecule has 0 amide bonds. The maximum atomic E-state index is 10.7. The second-order valence-corrected chi connectivity index (χ2v) is 4.48. The van der Waals surface area contributed by atoms with Gasteiger partial charge in [0.15, 0.2) is 0 Å². The summed E-state index contributed by atoms with van der Waals surface area (Å²) < 4.78 is 5.39. The van der Waals surface area contributed by atoms with E-state index in [9.17, 15) is 20.2 Å². The number of nitro groups is 2. The topological polar surface area (TPSA) is 95.5 Å². The normalized spacial score (nSPS) is 10.1. The van der Waals surface area contributed by atoms with E-state index in [0.29, 0.717) is 10.6 Å². The second kappa shape index (κ2) is 6.19. The first-order chi connectivity index (χ1) is 9.97. The zero-order chi connectivity index (χ0) is 15.4. The third-order valence-corrected chi connectivity index (χ3v) is 3.03. The Morgan fingerprint density at radius 1 is 1.00 bits per heavy atom. The average molecular weight is 309 g/mol. The molecule has 8 heteroatoms. The Bertz CT molecular complexity index is 705. The Balaban J connectivity index is 2.16. The highest BCUT2D eigenvalue weighted by Crippen LogP contribution is 2.25. The molecule has 0 atom stereocenters. The lowest BCUT2D eigenvalue weighted by Gasteiger charge is -2.07. The fraction of sp³-hybridized carbons (Fsp3) is 0.0769. The molecule has 0 aliphatic carbocycles. The molecule has 0 fully saturated rings. The largest absolute Gasteiger partial charge is 0.489 e. The molecule has 0 bridgehead atoms. The van der Waals surface area contributed by atoms with E-state index >= 15 is 0 Å². The highest BCUT2D eigenvalue weighted by Gasteiger charge is 2.11. The van der Waals surface area contributed by atoms with Crippen molar-refractivity contribution in [3.05, 3.63) is 73.3 Å². The molecule has 0 aliphatic rings. The molecule has 0 radical (unpaired) electrons. The quantitative estimate of drug-likeness (QED) is 0.619. The first-order valence-electron chi connectivity index (χ1n) is 5.77. The lowest BCUT2D eigenvalue weighted by atomic mass is 10.2. The molecule has 2 aromatic carbocycles. The van der Waals surface area contributed by atoms with Crippen molar-refractivity contribution in [2.75, 3.05) is 0 Å². The van der Waals surface area contributed by atoms with E-state index in [0.717, 1.165) is 0 Å². The molecule has 0 heterocycles. The summed E-state index contributed by atoms with van der Waals surface area (Å²) in [6.07, 6.45) is 0. The van der Waals surface area contributed by atoms with Crippen LogP contribution < -0.4 is 4.74 Å². The molecule has 0 aromatic heterocycles. The van der Waals surface area contributed by atoms with Crippen LogP contribution in [-0.2, 0) is 6.61 Å². The highest BCUT2D eigenvalue weighted by atomic mass is 35.5. The van der Waals surface area contributed by atoms with Gasteiger partial charge in [-0.25, -0.2) is 0 Å². The van der Waals surface area contributed by atoms with Crippen LogP contribution in [0.25, 0.3) is 0 Å². The molecule has 21 heavy (non-hydrogen) atoms. The van der Waals surface area contributed by atoms with Crippen molar-refractivity contribution < 1.29 is 14.6 Å². The summed E-state index contributed by atoms with van der Waals surface area (Å²) >= 11 is 5.94. The summed E-state index contributed by atoms with van der Waals surface area (Å²) in [5.41, 5.74) is 0.229. The zero-order valence-corrected chi connectivity index (χ0v) is 11.3. The van der Waals surface area contributed by atoms with Crippen LogP contribution in [0.15, 0.2) is 42.5 Å². The molecule has 7 nitrogen and oxygen atoms in total. The highest BCUT2D eigenvalue weighted by molar-refractivity contribution is 6.31. The number of nitro benzene ring substituents is 2. The summed E-state index contributed by atoms with van der Waals surface area (Å²) in [6.45, 7) is -0.0261. The van der Waals surface area contributed by atoms with Crippen molar-refractivity contribution in [3.63, 3.8) is 0 Å². The van der Waals surface area contributed by atoms with Gasteiger partial charge >= 0.3 is 0 Å². The Kier molecular flexibility index (Phi) is 4.34. The van der Waals surface area contributed by atoms with E-state index in [-0.39, 0.29) is 23.7 Å². The van der Waals surface area contributed by atoms with Crippen LogP contribution in [0.2, 0.25) is 5.02 Å². The molecule has 2 rings (SSSR count). The maximum absolute atomic E-state index is 10.7. The van der Waals surface area contributed by atoms with Crippen LogP contribution in [0.1, 0.15) is 5.56 Å². The van der Waals surface area contributed by atoms with Gasteiger partial charge in [0.05, 0.1) is 15.9 Å². The fourth-order valence-electron chi connectivity index (χ4n) is 1.63. The van der Waals surface area contributed by atoms with E-state index in [2.05, 4.69) is 0 Å². The Hall–Kier alpha value is -2.67. The molecule has 2 aromatic rings. The van der Waals surface area contributed by atoms with Gasteiger partial charge < -0.3 is 4.74 Å². The monoisotopic (exact) mass is 308 g/mol. The minimum Gasteiger partial charge on any atom is -0.489 e.